The number of furan rings is 1. The second-order valence-electron chi connectivity index (χ2n) is 7.84. The molecule has 1 unspecified atom stereocenters. The number of para-hydroxylation sites is 1. The summed E-state index contributed by atoms with van der Waals surface area (Å²) >= 11 is 1.43. The SMILES string of the molecule is COc1ccc(-c2nnc(Sc3ncnc4c3oc3ccccc34)n2CC2CCCO2)cc1. The van der Waals surface area contributed by atoms with E-state index in [-0.39, 0.29) is 6.10 Å². The minimum Gasteiger partial charge on any atom is -0.497 e. The Morgan fingerprint density at radius 1 is 1.09 bits per heavy atom. The first kappa shape index (κ1) is 20.2. The average molecular weight is 460 g/mol. The average Bonchev–Trinajstić information content (AvgIpc) is 3.60. The molecule has 0 N–H and O–H groups in total. The molecular weight excluding hydrogens is 438 g/mol. The van der Waals surface area contributed by atoms with Crippen molar-refractivity contribution < 1.29 is 13.9 Å². The molecule has 0 aliphatic carbocycles. The van der Waals surface area contributed by atoms with Gasteiger partial charge in [0.2, 0.25) is 0 Å². The van der Waals surface area contributed by atoms with Crippen LogP contribution in [0.25, 0.3) is 33.5 Å². The molecule has 1 aliphatic heterocycles. The normalized spacial score (nSPS) is 16.1. The molecule has 1 atom stereocenters. The van der Waals surface area contributed by atoms with E-state index in [1.54, 1.807) is 13.4 Å². The van der Waals surface area contributed by atoms with Crippen molar-refractivity contribution in [1.82, 2.24) is 24.7 Å². The number of benzene rings is 2. The van der Waals surface area contributed by atoms with Gasteiger partial charge in [-0.1, -0.05) is 12.1 Å². The van der Waals surface area contributed by atoms with E-state index < -0.39 is 0 Å². The maximum atomic E-state index is 6.10. The summed E-state index contributed by atoms with van der Waals surface area (Å²) in [5.41, 5.74) is 3.20. The highest BCUT2D eigenvalue weighted by atomic mass is 32.2. The molecule has 1 saturated heterocycles. The van der Waals surface area contributed by atoms with Crippen molar-refractivity contribution in [2.24, 2.45) is 0 Å². The maximum Gasteiger partial charge on any atom is 0.198 e. The fraction of sp³-hybridized carbons (Fsp3) is 0.250. The van der Waals surface area contributed by atoms with Crippen molar-refractivity contribution in [1.29, 1.82) is 0 Å². The maximum absolute atomic E-state index is 6.10. The Morgan fingerprint density at radius 3 is 2.79 bits per heavy atom. The van der Waals surface area contributed by atoms with Crippen LogP contribution < -0.4 is 4.74 Å². The van der Waals surface area contributed by atoms with Crippen molar-refractivity contribution in [2.75, 3.05) is 13.7 Å². The van der Waals surface area contributed by atoms with Gasteiger partial charge in [-0.05, 0) is 61.0 Å². The van der Waals surface area contributed by atoms with Crippen molar-refractivity contribution in [3.8, 4) is 17.1 Å². The molecule has 6 rings (SSSR count). The molecule has 9 heteroatoms. The first-order chi connectivity index (χ1) is 16.3. The molecule has 8 nitrogen and oxygen atoms in total. The highest BCUT2D eigenvalue weighted by Crippen LogP contribution is 2.36. The van der Waals surface area contributed by atoms with Crippen molar-refractivity contribution in [3.63, 3.8) is 0 Å². The third-order valence-corrected chi connectivity index (χ3v) is 6.76. The minimum absolute atomic E-state index is 0.133. The first-order valence-electron chi connectivity index (χ1n) is 10.8. The molecule has 0 amide bonds. The molecule has 0 bridgehead atoms. The number of aromatic nitrogens is 5. The van der Waals surface area contributed by atoms with Crippen LogP contribution in [-0.2, 0) is 11.3 Å². The van der Waals surface area contributed by atoms with E-state index in [0.29, 0.717) is 17.2 Å². The summed E-state index contributed by atoms with van der Waals surface area (Å²) < 4.78 is 19.4. The van der Waals surface area contributed by atoms with E-state index in [2.05, 4.69) is 24.7 Å². The third-order valence-electron chi connectivity index (χ3n) is 5.79. The molecule has 0 saturated carbocycles. The molecule has 1 aliphatic rings. The number of rotatable bonds is 6. The smallest absolute Gasteiger partial charge is 0.198 e. The van der Waals surface area contributed by atoms with Crippen LogP contribution >= 0.6 is 11.8 Å². The predicted molar refractivity (Wildman–Crippen MR) is 124 cm³/mol. The fourth-order valence-electron chi connectivity index (χ4n) is 4.14. The van der Waals surface area contributed by atoms with E-state index in [1.807, 2.05) is 48.5 Å². The molecule has 0 spiro atoms. The zero-order chi connectivity index (χ0) is 22.2. The van der Waals surface area contributed by atoms with E-state index in [9.17, 15) is 0 Å². The number of hydrogen-bond acceptors (Lipinski definition) is 8. The third kappa shape index (κ3) is 3.73. The Labute approximate surface area is 194 Å². The van der Waals surface area contributed by atoms with Crippen LogP contribution in [0.15, 0.2) is 69.5 Å². The van der Waals surface area contributed by atoms with Gasteiger partial charge in [0.15, 0.2) is 21.6 Å². The largest absolute Gasteiger partial charge is 0.497 e. The molecule has 4 heterocycles. The Balaban J connectivity index is 1.42. The van der Waals surface area contributed by atoms with Gasteiger partial charge in [-0.15, -0.1) is 10.2 Å². The summed E-state index contributed by atoms with van der Waals surface area (Å²) in [5, 5.41) is 11.5. The van der Waals surface area contributed by atoms with Crippen LogP contribution in [0.3, 0.4) is 0 Å². The summed E-state index contributed by atoms with van der Waals surface area (Å²) in [6, 6.07) is 15.7. The highest BCUT2D eigenvalue weighted by Gasteiger charge is 2.24. The molecule has 166 valence electrons. The van der Waals surface area contributed by atoms with Gasteiger partial charge in [-0.3, -0.25) is 4.57 Å². The summed E-state index contributed by atoms with van der Waals surface area (Å²) in [5.74, 6) is 1.58. The molecule has 3 aromatic heterocycles. The second-order valence-corrected chi connectivity index (χ2v) is 8.79. The van der Waals surface area contributed by atoms with Crippen LogP contribution in [0.4, 0.5) is 0 Å². The Kier molecular flexibility index (Phi) is 5.20. The summed E-state index contributed by atoms with van der Waals surface area (Å²) in [7, 11) is 1.66. The highest BCUT2D eigenvalue weighted by molar-refractivity contribution is 7.99. The van der Waals surface area contributed by atoms with Gasteiger partial charge in [-0.2, -0.15) is 0 Å². The van der Waals surface area contributed by atoms with Gasteiger partial charge >= 0.3 is 0 Å². The molecule has 0 radical (unpaired) electrons. The van der Waals surface area contributed by atoms with E-state index in [0.717, 1.165) is 58.2 Å². The lowest BCUT2D eigenvalue weighted by molar-refractivity contribution is 0.0953. The predicted octanol–water partition coefficient (Wildman–Crippen LogP) is 4.97. The molecule has 33 heavy (non-hydrogen) atoms. The quantitative estimate of drug-likeness (QED) is 0.329. The lowest BCUT2D eigenvalue weighted by Crippen LogP contribution is -2.16. The van der Waals surface area contributed by atoms with Crippen LogP contribution in [0, 0.1) is 0 Å². The number of hydrogen-bond donors (Lipinski definition) is 0. The van der Waals surface area contributed by atoms with Crippen molar-refractivity contribution in [2.45, 2.75) is 35.7 Å². The lowest BCUT2D eigenvalue weighted by Gasteiger charge is -2.14. The summed E-state index contributed by atoms with van der Waals surface area (Å²) in [6.07, 6.45) is 3.79. The van der Waals surface area contributed by atoms with Crippen LogP contribution in [0.5, 0.6) is 5.75 Å². The van der Waals surface area contributed by atoms with E-state index in [1.165, 1.54) is 11.8 Å². The van der Waals surface area contributed by atoms with Crippen molar-refractivity contribution in [3.05, 3.63) is 54.9 Å². The second kappa shape index (κ2) is 8.49. The molecular formula is C24H21N5O3S. The zero-order valence-electron chi connectivity index (χ0n) is 18.0. The van der Waals surface area contributed by atoms with Crippen molar-refractivity contribution >= 4 is 33.8 Å². The van der Waals surface area contributed by atoms with Gasteiger partial charge < -0.3 is 13.9 Å². The van der Waals surface area contributed by atoms with Crippen LogP contribution in [0.1, 0.15) is 12.8 Å². The fourth-order valence-corrected chi connectivity index (χ4v) is 4.99. The Bertz CT molecular complexity index is 1420. The van der Waals surface area contributed by atoms with E-state index >= 15 is 0 Å². The van der Waals surface area contributed by atoms with Gasteiger partial charge in [0.05, 0.1) is 19.8 Å². The standard InChI is InChI=1S/C24H21N5O3S/c1-30-16-10-8-15(9-11-16)22-27-28-24(29(22)13-17-5-4-12-31-17)33-23-21-20(25-14-26-23)18-6-2-3-7-19(18)32-21/h2-3,6-11,14,17H,4-5,12-13H2,1H3. The molecule has 1 fully saturated rings. The van der Waals surface area contributed by atoms with Gasteiger partial charge in [-0.25, -0.2) is 9.97 Å². The van der Waals surface area contributed by atoms with Crippen LogP contribution in [-0.4, -0.2) is 44.6 Å². The number of fused-ring (bicyclic) bond motifs is 3. The summed E-state index contributed by atoms with van der Waals surface area (Å²) in [6.45, 7) is 1.46. The first-order valence-corrected chi connectivity index (χ1v) is 11.6. The van der Waals surface area contributed by atoms with Gasteiger partial charge in [0.1, 0.15) is 23.2 Å². The number of nitrogens with zero attached hydrogens (tertiary/aromatic N) is 5. The summed E-state index contributed by atoms with van der Waals surface area (Å²) in [4.78, 5) is 8.96. The van der Waals surface area contributed by atoms with Gasteiger partial charge in [0.25, 0.3) is 0 Å². The van der Waals surface area contributed by atoms with Crippen LogP contribution in [0.2, 0.25) is 0 Å². The zero-order valence-corrected chi connectivity index (χ0v) is 18.8. The molecule has 5 aromatic rings. The Hall–Kier alpha value is -3.43. The lowest BCUT2D eigenvalue weighted by atomic mass is 10.2. The van der Waals surface area contributed by atoms with Gasteiger partial charge in [0, 0.05) is 17.6 Å². The van der Waals surface area contributed by atoms with E-state index in [4.69, 9.17) is 13.9 Å². The number of methoxy groups -OCH3 is 1. The molecule has 2 aromatic carbocycles. The number of ether oxygens (including phenoxy) is 2. The minimum atomic E-state index is 0.133. The topological polar surface area (TPSA) is 88.1 Å². The monoisotopic (exact) mass is 459 g/mol. The Morgan fingerprint density at radius 2 is 1.97 bits per heavy atom.